The fourth-order valence-corrected chi connectivity index (χ4v) is 2.73. The predicted molar refractivity (Wildman–Crippen MR) is 81.3 cm³/mol. The maximum Gasteiger partial charge on any atom is 0.0833 e. The van der Waals surface area contributed by atoms with Gasteiger partial charge in [-0.3, -0.25) is 0 Å². The van der Waals surface area contributed by atoms with Crippen molar-refractivity contribution in [2.75, 3.05) is 0 Å². The molecule has 2 aromatic rings. The van der Waals surface area contributed by atoms with Crippen LogP contribution in [0.3, 0.4) is 0 Å². The van der Waals surface area contributed by atoms with Crippen molar-refractivity contribution in [3.8, 4) is 0 Å². The summed E-state index contributed by atoms with van der Waals surface area (Å²) in [6.07, 6.45) is -0.172. The van der Waals surface area contributed by atoms with Crippen molar-refractivity contribution < 1.29 is 5.11 Å². The molecule has 0 aliphatic carbocycles. The Labute approximate surface area is 127 Å². The molecule has 0 heterocycles. The third kappa shape index (κ3) is 3.64. The molecular weight excluding hydrogens is 303 g/mol. The molecule has 0 fully saturated rings. The van der Waals surface area contributed by atoms with Gasteiger partial charge < -0.3 is 5.11 Å². The van der Waals surface area contributed by atoms with Crippen molar-refractivity contribution in [2.45, 2.75) is 19.4 Å². The van der Waals surface area contributed by atoms with E-state index in [1.165, 1.54) is 0 Å². The first kappa shape index (κ1) is 14.7. The highest BCUT2D eigenvalue weighted by Gasteiger charge is 2.13. The topological polar surface area (TPSA) is 20.2 Å². The molecular formula is C15H13Cl3O. The number of aryl methyl sites for hydroxylation is 1. The Bertz CT molecular complexity index is 596. The highest BCUT2D eigenvalue weighted by Crippen LogP contribution is 2.28. The van der Waals surface area contributed by atoms with Crippen molar-refractivity contribution in [3.63, 3.8) is 0 Å². The molecule has 19 heavy (non-hydrogen) atoms. The number of aliphatic hydroxyl groups is 1. The highest BCUT2D eigenvalue weighted by atomic mass is 35.5. The number of hydrogen-bond acceptors (Lipinski definition) is 1. The lowest BCUT2D eigenvalue weighted by molar-refractivity contribution is 0.178. The van der Waals surface area contributed by atoms with Crippen molar-refractivity contribution in [1.82, 2.24) is 0 Å². The van der Waals surface area contributed by atoms with Crippen molar-refractivity contribution >= 4 is 34.8 Å². The van der Waals surface area contributed by atoms with Crippen LogP contribution in [0.1, 0.15) is 22.8 Å². The van der Waals surface area contributed by atoms with E-state index in [1.807, 2.05) is 25.1 Å². The van der Waals surface area contributed by atoms with Crippen LogP contribution in [0.5, 0.6) is 0 Å². The molecule has 0 saturated carbocycles. The van der Waals surface area contributed by atoms with Crippen LogP contribution in [0.4, 0.5) is 0 Å². The number of hydrogen-bond donors (Lipinski definition) is 1. The molecule has 2 rings (SSSR count). The second kappa shape index (κ2) is 6.15. The summed E-state index contributed by atoms with van der Waals surface area (Å²) >= 11 is 17.9. The minimum atomic E-state index is -0.615. The lowest BCUT2D eigenvalue weighted by atomic mass is 9.98. The quantitative estimate of drug-likeness (QED) is 0.822. The van der Waals surface area contributed by atoms with E-state index in [-0.39, 0.29) is 0 Å². The van der Waals surface area contributed by atoms with Crippen molar-refractivity contribution in [3.05, 3.63) is 68.2 Å². The molecule has 0 amide bonds. The van der Waals surface area contributed by atoms with Crippen LogP contribution in [0.2, 0.25) is 15.1 Å². The monoisotopic (exact) mass is 314 g/mol. The van der Waals surface area contributed by atoms with E-state index in [1.54, 1.807) is 18.2 Å². The third-order valence-corrected chi connectivity index (χ3v) is 3.84. The maximum absolute atomic E-state index is 10.3. The Balaban J connectivity index is 2.23. The smallest absolute Gasteiger partial charge is 0.0833 e. The Morgan fingerprint density at radius 2 is 1.63 bits per heavy atom. The molecule has 0 aliphatic heterocycles. The molecule has 1 nitrogen and oxygen atoms in total. The van der Waals surface area contributed by atoms with E-state index < -0.39 is 6.10 Å². The molecule has 0 aromatic heterocycles. The summed E-state index contributed by atoms with van der Waals surface area (Å²) in [5, 5.41) is 12.1. The van der Waals surface area contributed by atoms with Crippen LogP contribution in [-0.2, 0) is 6.42 Å². The van der Waals surface area contributed by atoms with Gasteiger partial charge in [-0.2, -0.15) is 0 Å². The summed E-state index contributed by atoms with van der Waals surface area (Å²) in [7, 11) is 0. The molecule has 1 atom stereocenters. The molecule has 0 radical (unpaired) electrons. The molecule has 0 aliphatic rings. The van der Waals surface area contributed by atoms with E-state index >= 15 is 0 Å². The maximum atomic E-state index is 10.3. The number of benzene rings is 2. The predicted octanol–water partition coefficient (Wildman–Crippen LogP) is 5.23. The highest BCUT2D eigenvalue weighted by molar-refractivity contribution is 6.35. The first-order valence-electron chi connectivity index (χ1n) is 5.85. The minimum Gasteiger partial charge on any atom is -0.388 e. The minimum absolute atomic E-state index is 0.443. The SMILES string of the molecule is Cc1cc(Cl)ccc1C(O)Cc1ccc(Cl)cc1Cl. The van der Waals surface area contributed by atoms with Crippen LogP contribution >= 0.6 is 34.8 Å². The zero-order valence-electron chi connectivity index (χ0n) is 10.3. The van der Waals surface area contributed by atoms with Gasteiger partial charge >= 0.3 is 0 Å². The number of halogens is 3. The zero-order chi connectivity index (χ0) is 14.0. The Kier molecular flexibility index (Phi) is 4.75. The van der Waals surface area contributed by atoms with Crippen molar-refractivity contribution in [2.24, 2.45) is 0 Å². The zero-order valence-corrected chi connectivity index (χ0v) is 12.6. The summed E-state index contributed by atoms with van der Waals surface area (Å²) in [6, 6.07) is 10.7. The molecule has 100 valence electrons. The van der Waals surface area contributed by atoms with E-state index in [0.717, 1.165) is 16.7 Å². The van der Waals surface area contributed by atoms with Gasteiger partial charge in [0.05, 0.1) is 6.10 Å². The molecule has 0 bridgehead atoms. The van der Waals surface area contributed by atoms with Crippen LogP contribution in [0.25, 0.3) is 0 Å². The molecule has 1 N–H and O–H groups in total. The Morgan fingerprint density at radius 1 is 1.00 bits per heavy atom. The number of aliphatic hydroxyl groups excluding tert-OH is 1. The Morgan fingerprint density at radius 3 is 2.26 bits per heavy atom. The van der Waals surface area contributed by atoms with Gasteiger partial charge in [-0.15, -0.1) is 0 Å². The molecule has 2 aromatic carbocycles. The first-order valence-corrected chi connectivity index (χ1v) is 6.99. The summed E-state index contributed by atoms with van der Waals surface area (Å²) < 4.78 is 0. The molecule has 4 heteroatoms. The number of rotatable bonds is 3. The lowest BCUT2D eigenvalue weighted by Crippen LogP contribution is -2.04. The van der Waals surface area contributed by atoms with E-state index in [4.69, 9.17) is 34.8 Å². The second-order valence-electron chi connectivity index (χ2n) is 4.46. The van der Waals surface area contributed by atoms with Gasteiger partial charge in [0.15, 0.2) is 0 Å². The van der Waals surface area contributed by atoms with Gasteiger partial charge in [-0.1, -0.05) is 46.9 Å². The molecule has 0 saturated heterocycles. The van der Waals surface area contributed by atoms with Crippen LogP contribution in [-0.4, -0.2) is 5.11 Å². The van der Waals surface area contributed by atoms with Gasteiger partial charge in [0.1, 0.15) is 0 Å². The summed E-state index contributed by atoms with van der Waals surface area (Å²) in [6.45, 7) is 1.92. The first-order chi connectivity index (χ1) is 8.97. The van der Waals surface area contributed by atoms with Gasteiger partial charge in [0.2, 0.25) is 0 Å². The largest absolute Gasteiger partial charge is 0.388 e. The van der Waals surface area contributed by atoms with Gasteiger partial charge in [0, 0.05) is 21.5 Å². The van der Waals surface area contributed by atoms with Gasteiger partial charge in [0.25, 0.3) is 0 Å². The van der Waals surface area contributed by atoms with Crippen LogP contribution < -0.4 is 0 Å². The van der Waals surface area contributed by atoms with E-state index in [9.17, 15) is 5.11 Å². The van der Waals surface area contributed by atoms with Crippen molar-refractivity contribution in [1.29, 1.82) is 0 Å². The fourth-order valence-electron chi connectivity index (χ4n) is 2.02. The van der Waals surface area contributed by atoms with Crippen LogP contribution in [0.15, 0.2) is 36.4 Å². The lowest BCUT2D eigenvalue weighted by Gasteiger charge is -2.15. The van der Waals surface area contributed by atoms with E-state index in [2.05, 4.69) is 0 Å². The summed E-state index contributed by atoms with van der Waals surface area (Å²) in [5.74, 6) is 0. The second-order valence-corrected chi connectivity index (χ2v) is 5.74. The average Bonchev–Trinajstić information content (AvgIpc) is 2.32. The molecule has 1 unspecified atom stereocenters. The fraction of sp³-hybridized carbons (Fsp3) is 0.200. The average molecular weight is 316 g/mol. The standard InChI is InChI=1S/C15H13Cl3O/c1-9-6-11(16)4-5-13(9)15(19)7-10-2-3-12(17)8-14(10)18/h2-6,8,15,19H,7H2,1H3. The third-order valence-electron chi connectivity index (χ3n) is 3.02. The Hall–Kier alpha value is -0.730. The van der Waals surface area contributed by atoms with E-state index in [0.29, 0.717) is 21.5 Å². The van der Waals surface area contributed by atoms with Gasteiger partial charge in [-0.25, -0.2) is 0 Å². The molecule has 0 spiro atoms. The normalized spacial score (nSPS) is 12.5. The summed E-state index contributed by atoms with van der Waals surface area (Å²) in [4.78, 5) is 0. The summed E-state index contributed by atoms with van der Waals surface area (Å²) in [5.41, 5.74) is 2.69. The van der Waals surface area contributed by atoms with Crippen LogP contribution in [0, 0.1) is 6.92 Å². The van der Waals surface area contributed by atoms with Gasteiger partial charge in [-0.05, 0) is 47.9 Å².